The predicted molar refractivity (Wildman–Crippen MR) is 118 cm³/mol. The molecule has 30 heavy (non-hydrogen) atoms. The molecule has 4 aromatic rings. The largest absolute Gasteiger partial charge is 0.448 e. The zero-order valence-electron chi connectivity index (χ0n) is 17.4. The van der Waals surface area contributed by atoms with Gasteiger partial charge in [-0.25, -0.2) is 4.79 Å². The van der Waals surface area contributed by atoms with Gasteiger partial charge >= 0.3 is 5.97 Å². The third-order valence-electron chi connectivity index (χ3n) is 5.40. The van der Waals surface area contributed by atoms with Crippen LogP contribution >= 0.6 is 0 Å². The minimum atomic E-state index is -0.971. The number of para-hydroxylation sites is 1. The van der Waals surface area contributed by atoms with Crippen molar-refractivity contribution in [2.24, 2.45) is 0 Å². The average molecular weight is 401 g/mol. The highest BCUT2D eigenvalue weighted by Gasteiger charge is 2.25. The summed E-state index contributed by atoms with van der Waals surface area (Å²) in [4.78, 5) is 25.4. The molecule has 4 rings (SSSR count). The number of rotatable bonds is 4. The first kappa shape index (κ1) is 19.7. The second-order valence-electron chi connectivity index (χ2n) is 7.52. The molecule has 0 unspecified atom stereocenters. The number of fused-ring (bicyclic) bond motifs is 3. The normalized spacial score (nSPS) is 12.1. The molecule has 0 radical (unpaired) electrons. The Morgan fingerprint density at radius 1 is 0.900 bits per heavy atom. The average Bonchev–Trinajstić information content (AvgIpc) is 3.08. The Labute approximate surface area is 174 Å². The molecule has 152 valence electrons. The van der Waals surface area contributed by atoms with E-state index < -0.39 is 12.1 Å². The Kier molecular flexibility index (Phi) is 5.04. The fourth-order valence-corrected chi connectivity index (χ4v) is 3.65. The number of anilines is 1. The first-order valence-electron chi connectivity index (χ1n) is 9.85. The van der Waals surface area contributed by atoms with Crippen LogP contribution in [0.4, 0.5) is 5.69 Å². The molecule has 0 fully saturated rings. The molecule has 0 spiro atoms. The number of hydrogen-bond acceptors (Lipinski definition) is 4. The summed E-state index contributed by atoms with van der Waals surface area (Å²) in [5, 5.41) is 5.67. The lowest BCUT2D eigenvalue weighted by molar-refractivity contribution is -0.123. The van der Waals surface area contributed by atoms with Crippen LogP contribution in [0.3, 0.4) is 0 Å². The molecule has 5 heteroatoms. The number of furan rings is 1. The molecule has 3 aromatic carbocycles. The van der Waals surface area contributed by atoms with Gasteiger partial charge in [-0.1, -0.05) is 54.6 Å². The van der Waals surface area contributed by atoms with E-state index in [2.05, 4.69) is 5.32 Å². The Morgan fingerprint density at radius 3 is 2.33 bits per heavy atom. The monoisotopic (exact) mass is 401 g/mol. The van der Waals surface area contributed by atoms with E-state index in [0.29, 0.717) is 11.1 Å². The summed E-state index contributed by atoms with van der Waals surface area (Å²) >= 11 is 0. The molecule has 1 heterocycles. The molecule has 1 N–H and O–H groups in total. The lowest BCUT2D eigenvalue weighted by atomic mass is 10.1. The number of carbonyl (C=O) groups excluding carboxylic acids is 2. The van der Waals surface area contributed by atoms with Crippen molar-refractivity contribution in [2.45, 2.75) is 33.8 Å². The second kappa shape index (κ2) is 7.67. The highest BCUT2D eigenvalue weighted by Crippen LogP contribution is 2.32. The molecule has 0 saturated carbocycles. The molecule has 1 aromatic heterocycles. The van der Waals surface area contributed by atoms with Crippen LogP contribution in [0.25, 0.3) is 21.7 Å². The minimum absolute atomic E-state index is 0.119. The molecule has 1 amide bonds. The zero-order valence-corrected chi connectivity index (χ0v) is 17.4. The molecular weight excluding hydrogens is 378 g/mol. The SMILES string of the molecule is Cc1cccc(C)c1NC(=O)[C@H](C)OC(=O)c1oc2c(ccc3ccccc32)c1C. The van der Waals surface area contributed by atoms with E-state index in [1.54, 1.807) is 6.92 Å². The van der Waals surface area contributed by atoms with E-state index in [4.69, 9.17) is 9.15 Å². The Balaban J connectivity index is 1.57. The summed E-state index contributed by atoms with van der Waals surface area (Å²) in [5.74, 6) is -0.926. The summed E-state index contributed by atoms with van der Waals surface area (Å²) in [5.41, 5.74) is 3.97. The zero-order chi connectivity index (χ0) is 21.4. The summed E-state index contributed by atoms with van der Waals surface area (Å²) in [7, 11) is 0. The second-order valence-corrected chi connectivity index (χ2v) is 7.52. The molecule has 0 aliphatic carbocycles. The maximum absolute atomic E-state index is 12.8. The van der Waals surface area contributed by atoms with Crippen LogP contribution < -0.4 is 5.32 Å². The lowest BCUT2D eigenvalue weighted by Gasteiger charge is -2.15. The molecule has 0 bridgehead atoms. The van der Waals surface area contributed by atoms with Crippen molar-refractivity contribution in [3.05, 3.63) is 77.0 Å². The van der Waals surface area contributed by atoms with Crippen LogP contribution in [0.5, 0.6) is 0 Å². The van der Waals surface area contributed by atoms with Gasteiger partial charge in [0.2, 0.25) is 5.76 Å². The summed E-state index contributed by atoms with van der Waals surface area (Å²) < 4.78 is 11.3. The van der Waals surface area contributed by atoms with E-state index in [1.807, 2.05) is 75.4 Å². The number of ether oxygens (including phenoxy) is 1. The van der Waals surface area contributed by atoms with Gasteiger partial charge in [-0.2, -0.15) is 0 Å². The maximum atomic E-state index is 12.8. The highest BCUT2D eigenvalue weighted by atomic mass is 16.6. The van der Waals surface area contributed by atoms with Crippen molar-refractivity contribution in [3.63, 3.8) is 0 Å². The predicted octanol–water partition coefficient (Wildman–Crippen LogP) is 5.70. The lowest BCUT2D eigenvalue weighted by Crippen LogP contribution is -2.30. The minimum Gasteiger partial charge on any atom is -0.448 e. The van der Waals surface area contributed by atoms with Gasteiger partial charge in [0, 0.05) is 22.0 Å². The van der Waals surface area contributed by atoms with Crippen molar-refractivity contribution in [1.29, 1.82) is 0 Å². The molecule has 1 atom stereocenters. The van der Waals surface area contributed by atoms with Crippen molar-refractivity contribution in [2.75, 3.05) is 5.32 Å². The smallest absolute Gasteiger partial charge is 0.375 e. The summed E-state index contributed by atoms with van der Waals surface area (Å²) in [6.45, 7) is 7.20. The fraction of sp³-hybridized carbons (Fsp3) is 0.200. The molecule has 5 nitrogen and oxygen atoms in total. The van der Waals surface area contributed by atoms with E-state index in [9.17, 15) is 9.59 Å². The van der Waals surface area contributed by atoms with Gasteiger partial charge in [-0.15, -0.1) is 0 Å². The topological polar surface area (TPSA) is 68.5 Å². The molecule has 0 aliphatic heterocycles. The van der Waals surface area contributed by atoms with Crippen LogP contribution in [0, 0.1) is 20.8 Å². The Hall–Kier alpha value is -3.60. The van der Waals surface area contributed by atoms with Gasteiger partial charge < -0.3 is 14.5 Å². The fourth-order valence-electron chi connectivity index (χ4n) is 3.65. The van der Waals surface area contributed by atoms with Gasteiger partial charge in [-0.05, 0) is 44.2 Å². The maximum Gasteiger partial charge on any atom is 0.375 e. The molecule has 0 saturated heterocycles. The number of benzene rings is 3. The quantitative estimate of drug-likeness (QED) is 0.446. The highest BCUT2D eigenvalue weighted by molar-refractivity contribution is 6.08. The Morgan fingerprint density at radius 2 is 1.60 bits per heavy atom. The van der Waals surface area contributed by atoms with Crippen LogP contribution in [-0.2, 0) is 9.53 Å². The summed E-state index contributed by atoms with van der Waals surface area (Å²) in [6.07, 6.45) is -0.971. The number of aryl methyl sites for hydroxylation is 3. The van der Waals surface area contributed by atoms with Gasteiger partial charge in [0.05, 0.1) is 0 Å². The number of esters is 1. The van der Waals surface area contributed by atoms with Gasteiger partial charge in [0.15, 0.2) is 6.10 Å². The van der Waals surface area contributed by atoms with Crippen molar-refractivity contribution in [1.82, 2.24) is 0 Å². The third kappa shape index (κ3) is 3.43. The van der Waals surface area contributed by atoms with Gasteiger partial charge in [0.1, 0.15) is 5.58 Å². The van der Waals surface area contributed by atoms with E-state index in [1.165, 1.54) is 0 Å². The standard InChI is InChI=1S/C25H23NO4/c1-14-8-7-9-15(2)21(14)26-24(27)17(4)29-25(28)22-16(3)19-13-12-18-10-5-6-11-20(18)23(19)30-22/h5-13,17H,1-4H3,(H,26,27)/t17-/m0/s1. The van der Waals surface area contributed by atoms with Crippen LogP contribution in [0.1, 0.15) is 34.2 Å². The van der Waals surface area contributed by atoms with Crippen LogP contribution in [0.2, 0.25) is 0 Å². The number of nitrogens with one attached hydrogen (secondary N) is 1. The first-order valence-corrected chi connectivity index (χ1v) is 9.85. The number of carbonyl (C=O) groups is 2. The van der Waals surface area contributed by atoms with Gasteiger partial charge in [-0.3, -0.25) is 4.79 Å². The van der Waals surface area contributed by atoms with E-state index in [-0.39, 0.29) is 11.7 Å². The van der Waals surface area contributed by atoms with Crippen molar-refractivity contribution in [3.8, 4) is 0 Å². The van der Waals surface area contributed by atoms with Crippen LogP contribution in [0.15, 0.2) is 59.0 Å². The first-order chi connectivity index (χ1) is 14.4. The Bertz CT molecular complexity index is 1270. The van der Waals surface area contributed by atoms with Crippen molar-refractivity contribution >= 4 is 39.3 Å². The molecular formula is C25H23NO4. The summed E-state index contributed by atoms with van der Waals surface area (Å²) in [6, 6.07) is 17.5. The third-order valence-corrected chi connectivity index (χ3v) is 5.40. The number of amides is 1. The van der Waals surface area contributed by atoms with Crippen molar-refractivity contribution < 1.29 is 18.7 Å². The number of hydrogen-bond donors (Lipinski definition) is 1. The van der Waals surface area contributed by atoms with E-state index in [0.717, 1.165) is 33.0 Å². The van der Waals surface area contributed by atoms with E-state index >= 15 is 0 Å². The van der Waals surface area contributed by atoms with Crippen LogP contribution in [-0.4, -0.2) is 18.0 Å². The van der Waals surface area contributed by atoms with Gasteiger partial charge in [0.25, 0.3) is 5.91 Å². The molecule has 0 aliphatic rings.